The van der Waals surface area contributed by atoms with Crippen molar-refractivity contribution in [2.24, 2.45) is 5.92 Å². The first-order valence-corrected chi connectivity index (χ1v) is 14.6. The lowest BCUT2D eigenvalue weighted by molar-refractivity contribution is 0.230. The Morgan fingerprint density at radius 2 is 1.79 bits per heavy atom. The van der Waals surface area contributed by atoms with Gasteiger partial charge < -0.3 is 25.3 Å². The zero-order valence-electron chi connectivity index (χ0n) is 22.7. The Bertz CT molecular complexity index is 1300. The van der Waals surface area contributed by atoms with Crippen molar-refractivity contribution in [2.45, 2.75) is 38.6 Å². The number of halogens is 2. The highest BCUT2D eigenvalue weighted by Gasteiger charge is 2.23. The van der Waals surface area contributed by atoms with Gasteiger partial charge in [-0.1, -0.05) is 29.3 Å². The van der Waals surface area contributed by atoms with Crippen LogP contribution in [0.25, 0.3) is 10.9 Å². The lowest BCUT2D eigenvalue weighted by Gasteiger charge is -2.33. The summed E-state index contributed by atoms with van der Waals surface area (Å²) in [6, 6.07) is 11.0. The summed E-state index contributed by atoms with van der Waals surface area (Å²) >= 11 is 12.5. The molecule has 208 valence electrons. The smallest absolute Gasteiger partial charge is 0.321 e. The highest BCUT2D eigenvalue weighted by atomic mass is 35.5. The molecule has 0 radical (unpaired) electrons. The van der Waals surface area contributed by atoms with Crippen molar-refractivity contribution >= 4 is 57.6 Å². The second-order valence-electron chi connectivity index (χ2n) is 10.8. The third-order valence-corrected chi connectivity index (χ3v) is 8.34. The van der Waals surface area contributed by atoms with Crippen LogP contribution < -0.4 is 15.5 Å². The summed E-state index contributed by atoms with van der Waals surface area (Å²) in [5.74, 6) is 2.20. The first-order valence-electron chi connectivity index (χ1n) is 13.8. The van der Waals surface area contributed by atoms with Crippen molar-refractivity contribution in [2.75, 3.05) is 62.4 Å². The largest absolute Gasteiger partial charge is 0.365 e. The van der Waals surface area contributed by atoms with E-state index in [1.165, 1.54) is 43.8 Å². The molecule has 0 bridgehead atoms. The van der Waals surface area contributed by atoms with Gasteiger partial charge in [0.05, 0.1) is 5.52 Å². The number of likely N-dealkylation sites (tertiary alicyclic amines) is 1. The van der Waals surface area contributed by atoms with E-state index in [0.717, 1.165) is 54.3 Å². The molecule has 2 aromatic carbocycles. The number of rotatable bonds is 8. The lowest BCUT2D eigenvalue weighted by atomic mass is 9.93. The molecule has 8 nitrogen and oxygen atoms in total. The fraction of sp³-hybridized carbons (Fsp3) is 0.483. The van der Waals surface area contributed by atoms with E-state index in [4.69, 9.17) is 33.2 Å². The summed E-state index contributed by atoms with van der Waals surface area (Å²) in [7, 11) is 3.42. The fourth-order valence-corrected chi connectivity index (χ4v) is 5.82. The molecule has 2 aliphatic rings. The Labute approximate surface area is 240 Å². The van der Waals surface area contributed by atoms with Gasteiger partial charge in [-0.25, -0.2) is 9.78 Å². The lowest BCUT2D eigenvalue weighted by Crippen LogP contribution is -2.36. The molecule has 2 amide bonds. The summed E-state index contributed by atoms with van der Waals surface area (Å²) in [6.45, 7) is 6.15. The van der Waals surface area contributed by atoms with Crippen molar-refractivity contribution in [1.29, 1.82) is 0 Å². The predicted molar refractivity (Wildman–Crippen MR) is 161 cm³/mol. The number of nitrogens with zero attached hydrogens (tertiary/aromatic N) is 5. The van der Waals surface area contributed by atoms with Crippen LogP contribution >= 0.6 is 23.2 Å². The van der Waals surface area contributed by atoms with E-state index in [0.29, 0.717) is 28.1 Å². The Morgan fingerprint density at radius 3 is 2.51 bits per heavy atom. The van der Waals surface area contributed by atoms with Gasteiger partial charge in [0, 0.05) is 54.8 Å². The second kappa shape index (κ2) is 12.6. The maximum absolute atomic E-state index is 12.3. The third kappa shape index (κ3) is 7.04. The highest BCUT2D eigenvalue weighted by molar-refractivity contribution is 6.35. The number of anilines is 3. The predicted octanol–water partition coefficient (Wildman–Crippen LogP) is 6.34. The maximum Gasteiger partial charge on any atom is 0.321 e. The van der Waals surface area contributed by atoms with Crippen molar-refractivity contribution in [3.05, 3.63) is 52.0 Å². The minimum atomic E-state index is -0.193. The number of hydrogen-bond donors (Lipinski definition) is 2. The Morgan fingerprint density at radius 1 is 1.03 bits per heavy atom. The molecule has 0 spiro atoms. The molecule has 2 aliphatic heterocycles. The van der Waals surface area contributed by atoms with Crippen LogP contribution in [0.2, 0.25) is 10.0 Å². The Kier molecular flexibility index (Phi) is 8.95. The summed E-state index contributed by atoms with van der Waals surface area (Å²) < 4.78 is 0. The third-order valence-electron chi connectivity index (χ3n) is 7.75. The van der Waals surface area contributed by atoms with Crippen molar-refractivity contribution in [1.82, 2.24) is 19.8 Å². The first-order chi connectivity index (χ1) is 18.9. The maximum atomic E-state index is 12.3. The molecule has 0 atom stereocenters. The Hall–Kier alpha value is -2.81. The normalized spacial score (nSPS) is 16.6. The number of carbonyl (C=O) groups excluding carboxylic acids is 1. The molecule has 0 aliphatic carbocycles. The van der Waals surface area contributed by atoms with Crippen LogP contribution in [-0.4, -0.2) is 72.6 Å². The molecule has 39 heavy (non-hydrogen) atoms. The van der Waals surface area contributed by atoms with Gasteiger partial charge in [0.25, 0.3) is 0 Å². The summed E-state index contributed by atoms with van der Waals surface area (Å²) in [6.07, 6.45) is 6.30. The molecule has 5 rings (SSSR count). The monoisotopic (exact) mass is 569 g/mol. The molecule has 2 N–H and O–H groups in total. The zero-order valence-corrected chi connectivity index (χ0v) is 24.2. The van der Waals surface area contributed by atoms with E-state index >= 15 is 0 Å². The number of hydrogen-bond acceptors (Lipinski definition) is 6. The number of amides is 2. The number of nitrogens with one attached hydrogen (secondary N) is 2. The highest BCUT2D eigenvalue weighted by Crippen LogP contribution is 2.31. The number of carbonyl (C=O) groups is 1. The molecule has 2 fully saturated rings. The molecule has 1 aromatic heterocycles. The van der Waals surface area contributed by atoms with Crippen molar-refractivity contribution in [3.8, 4) is 0 Å². The van der Waals surface area contributed by atoms with E-state index in [9.17, 15) is 4.79 Å². The van der Waals surface area contributed by atoms with Crippen LogP contribution in [0.5, 0.6) is 0 Å². The number of piperidine rings is 1. The zero-order chi connectivity index (χ0) is 27.4. The van der Waals surface area contributed by atoms with Gasteiger partial charge in [0.2, 0.25) is 5.95 Å². The molecule has 2 saturated heterocycles. The van der Waals surface area contributed by atoms with Crippen LogP contribution in [-0.2, 0) is 6.54 Å². The SMILES string of the molecule is CN(C)C(=O)Nc1ccc2nc(N3CCC(CCN4CCCC4)CC3)nc(NCc3ccc(Cl)cc3Cl)c2c1. The van der Waals surface area contributed by atoms with Gasteiger partial charge in [-0.3, -0.25) is 0 Å². The molecular formula is C29H37Cl2N7O. The summed E-state index contributed by atoms with van der Waals surface area (Å²) in [5.41, 5.74) is 2.43. The first kappa shape index (κ1) is 27.7. The average Bonchev–Trinajstić information content (AvgIpc) is 3.45. The van der Waals surface area contributed by atoms with Gasteiger partial charge in [-0.2, -0.15) is 4.98 Å². The molecule has 0 saturated carbocycles. The molecule has 10 heteroatoms. The van der Waals surface area contributed by atoms with Crippen molar-refractivity contribution in [3.63, 3.8) is 0 Å². The minimum Gasteiger partial charge on any atom is -0.365 e. The van der Waals surface area contributed by atoms with Gasteiger partial charge in [0.1, 0.15) is 5.82 Å². The number of urea groups is 1. The van der Waals surface area contributed by atoms with Gasteiger partial charge in [-0.15, -0.1) is 0 Å². The second-order valence-corrected chi connectivity index (χ2v) is 11.6. The van der Waals surface area contributed by atoms with E-state index in [1.54, 1.807) is 20.2 Å². The Balaban J connectivity index is 1.35. The van der Waals surface area contributed by atoms with Crippen LogP contribution in [0.15, 0.2) is 36.4 Å². The number of benzene rings is 2. The van der Waals surface area contributed by atoms with Crippen LogP contribution in [0.1, 0.15) is 37.7 Å². The van der Waals surface area contributed by atoms with Crippen LogP contribution in [0, 0.1) is 5.92 Å². The molecule has 0 unspecified atom stereocenters. The fourth-order valence-electron chi connectivity index (χ4n) is 5.34. The topological polar surface area (TPSA) is 76.6 Å². The standard InChI is InChI=1S/C29H37Cl2N7O/c1-36(2)29(39)33-23-7-8-26-24(18-23)27(32-19-21-5-6-22(30)17-25(21)31)35-28(34-26)38-15-10-20(11-16-38)9-14-37-12-3-4-13-37/h5-8,17-18,20H,3-4,9-16,19H2,1-2H3,(H,33,39)(H,32,34,35). The molecular weight excluding hydrogens is 533 g/mol. The number of fused-ring (bicyclic) bond motifs is 1. The minimum absolute atomic E-state index is 0.193. The van der Waals surface area contributed by atoms with Crippen LogP contribution in [0.4, 0.5) is 22.2 Å². The van der Waals surface area contributed by atoms with E-state index in [1.807, 2.05) is 30.3 Å². The van der Waals surface area contributed by atoms with Gasteiger partial charge in [-0.05, 0) is 93.6 Å². The van der Waals surface area contributed by atoms with Crippen LogP contribution in [0.3, 0.4) is 0 Å². The molecule has 3 aromatic rings. The van der Waals surface area contributed by atoms with Gasteiger partial charge in [0.15, 0.2) is 0 Å². The average molecular weight is 571 g/mol. The van der Waals surface area contributed by atoms with Gasteiger partial charge >= 0.3 is 6.03 Å². The van der Waals surface area contributed by atoms with E-state index in [-0.39, 0.29) is 6.03 Å². The van der Waals surface area contributed by atoms with E-state index < -0.39 is 0 Å². The summed E-state index contributed by atoms with van der Waals surface area (Å²) in [5, 5.41) is 8.43. The quantitative estimate of drug-likeness (QED) is 0.329. The molecule has 3 heterocycles. The van der Waals surface area contributed by atoms with Crippen molar-refractivity contribution < 1.29 is 4.79 Å². The van der Waals surface area contributed by atoms with E-state index in [2.05, 4.69) is 20.4 Å². The summed E-state index contributed by atoms with van der Waals surface area (Å²) in [4.78, 5) is 28.6. The number of aromatic nitrogens is 2.